The van der Waals surface area contributed by atoms with E-state index < -0.39 is 10.0 Å². The molecule has 0 radical (unpaired) electrons. The summed E-state index contributed by atoms with van der Waals surface area (Å²) in [6.45, 7) is 1.90. The number of nitrogens with zero attached hydrogens (tertiary/aromatic N) is 1. The van der Waals surface area contributed by atoms with Crippen molar-refractivity contribution in [2.24, 2.45) is 0 Å². The molecule has 2 amide bonds. The number of carbonyl (C=O) groups is 2. The van der Waals surface area contributed by atoms with Crippen LogP contribution in [0.5, 0.6) is 0 Å². The molecule has 28 heavy (non-hydrogen) atoms. The summed E-state index contributed by atoms with van der Waals surface area (Å²) < 4.78 is 25.7. The molecular formula is C20H25N3O4S. The third-order valence-electron chi connectivity index (χ3n) is 4.38. The van der Waals surface area contributed by atoms with Crippen LogP contribution in [0, 0.1) is 0 Å². The number of anilines is 1. The molecule has 0 unspecified atom stereocenters. The number of aryl methyl sites for hydroxylation is 1. The predicted molar refractivity (Wildman–Crippen MR) is 108 cm³/mol. The summed E-state index contributed by atoms with van der Waals surface area (Å²) in [5.74, 6) is -0.199. The van der Waals surface area contributed by atoms with Crippen molar-refractivity contribution in [1.82, 2.24) is 9.62 Å². The molecule has 2 aromatic rings. The van der Waals surface area contributed by atoms with Gasteiger partial charge in [0.15, 0.2) is 0 Å². The van der Waals surface area contributed by atoms with E-state index in [1.54, 1.807) is 30.1 Å². The summed E-state index contributed by atoms with van der Waals surface area (Å²) in [5.41, 5.74) is 2.40. The lowest BCUT2D eigenvalue weighted by atomic mass is 10.1. The lowest BCUT2D eigenvalue weighted by molar-refractivity contribution is -0.128. The highest BCUT2D eigenvalue weighted by Gasteiger charge is 2.12. The SMILES string of the molecule is CNS(=O)(=O)c1ccc(CCC(=O)Nc2ccccc2CN(C)C(C)=O)cc1. The van der Waals surface area contributed by atoms with Crippen molar-refractivity contribution in [3.05, 3.63) is 59.7 Å². The van der Waals surface area contributed by atoms with E-state index in [4.69, 9.17) is 0 Å². The zero-order valence-electron chi connectivity index (χ0n) is 16.2. The Hall–Kier alpha value is -2.71. The average Bonchev–Trinajstić information content (AvgIpc) is 2.68. The Labute approximate surface area is 165 Å². The molecule has 2 aromatic carbocycles. The smallest absolute Gasteiger partial charge is 0.240 e. The van der Waals surface area contributed by atoms with Gasteiger partial charge < -0.3 is 10.2 Å². The second-order valence-electron chi connectivity index (χ2n) is 6.43. The van der Waals surface area contributed by atoms with E-state index in [0.29, 0.717) is 18.7 Å². The standard InChI is InChI=1S/C20H25N3O4S/c1-15(24)23(3)14-17-6-4-5-7-19(17)22-20(25)13-10-16-8-11-18(12-9-16)28(26,27)21-2/h4-9,11-12,21H,10,13-14H2,1-3H3,(H,22,25). The lowest BCUT2D eigenvalue weighted by Crippen LogP contribution is -2.24. The monoisotopic (exact) mass is 403 g/mol. The third-order valence-corrected chi connectivity index (χ3v) is 5.81. The minimum absolute atomic E-state index is 0.0511. The predicted octanol–water partition coefficient (Wildman–Crippen LogP) is 2.14. The second-order valence-corrected chi connectivity index (χ2v) is 8.32. The first-order valence-electron chi connectivity index (χ1n) is 8.85. The maximum atomic E-state index is 12.3. The molecule has 0 saturated carbocycles. The van der Waals surface area contributed by atoms with E-state index in [-0.39, 0.29) is 23.1 Å². The van der Waals surface area contributed by atoms with Crippen LogP contribution >= 0.6 is 0 Å². The first-order chi connectivity index (χ1) is 13.2. The highest BCUT2D eigenvalue weighted by Crippen LogP contribution is 2.18. The molecule has 0 aromatic heterocycles. The Balaban J connectivity index is 1.97. The Morgan fingerprint density at radius 3 is 2.29 bits per heavy atom. The number of hydrogen-bond acceptors (Lipinski definition) is 4. The van der Waals surface area contributed by atoms with Crippen molar-refractivity contribution in [3.8, 4) is 0 Å². The minimum Gasteiger partial charge on any atom is -0.342 e. The van der Waals surface area contributed by atoms with Gasteiger partial charge in [-0.15, -0.1) is 0 Å². The van der Waals surface area contributed by atoms with E-state index in [0.717, 1.165) is 11.1 Å². The number of para-hydroxylation sites is 1. The van der Waals surface area contributed by atoms with E-state index in [1.807, 2.05) is 18.2 Å². The van der Waals surface area contributed by atoms with Gasteiger partial charge in [-0.1, -0.05) is 30.3 Å². The number of nitrogens with one attached hydrogen (secondary N) is 2. The topological polar surface area (TPSA) is 95.6 Å². The molecule has 0 spiro atoms. The first-order valence-corrected chi connectivity index (χ1v) is 10.3. The largest absolute Gasteiger partial charge is 0.342 e. The van der Waals surface area contributed by atoms with Crippen LogP contribution in [0.25, 0.3) is 0 Å². The van der Waals surface area contributed by atoms with Crippen LogP contribution < -0.4 is 10.0 Å². The summed E-state index contributed by atoms with van der Waals surface area (Å²) >= 11 is 0. The third kappa shape index (κ3) is 5.90. The minimum atomic E-state index is -3.47. The fourth-order valence-corrected chi connectivity index (χ4v) is 3.30. The van der Waals surface area contributed by atoms with Crippen LogP contribution in [0.2, 0.25) is 0 Å². The van der Waals surface area contributed by atoms with Crippen molar-refractivity contribution >= 4 is 27.5 Å². The number of hydrogen-bond donors (Lipinski definition) is 2. The summed E-state index contributed by atoms with van der Waals surface area (Å²) in [7, 11) is -0.397. The van der Waals surface area contributed by atoms with Crippen LogP contribution in [0.15, 0.2) is 53.4 Å². The van der Waals surface area contributed by atoms with Crippen LogP contribution in [0.3, 0.4) is 0 Å². The second kappa shape index (κ2) is 9.48. The number of rotatable bonds is 8. The zero-order chi connectivity index (χ0) is 20.7. The molecule has 0 atom stereocenters. The number of carbonyl (C=O) groups excluding carboxylic acids is 2. The quantitative estimate of drug-likeness (QED) is 0.706. The molecule has 0 aliphatic heterocycles. The Morgan fingerprint density at radius 1 is 1.04 bits per heavy atom. The maximum absolute atomic E-state index is 12.3. The average molecular weight is 404 g/mol. The van der Waals surface area contributed by atoms with Crippen LogP contribution in [0.4, 0.5) is 5.69 Å². The van der Waals surface area contributed by atoms with Gasteiger partial charge in [-0.05, 0) is 42.8 Å². The molecule has 7 nitrogen and oxygen atoms in total. The van der Waals surface area contributed by atoms with Crippen molar-refractivity contribution in [2.75, 3.05) is 19.4 Å². The van der Waals surface area contributed by atoms with E-state index in [1.165, 1.54) is 26.1 Å². The summed E-state index contributed by atoms with van der Waals surface area (Å²) in [4.78, 5) is 25.5. The van der Waals surface area contributed by atoms with Gasteiger partial charge in [0.05, 0.1) is 4.90 Å². The summed E-state index contributed by atoms with van der Waals surface area (Å²) in [6.07, 6.45) is 0.746. The molecule has 0 saturated heterocycles. The van der Waals surface area contributed by atoms with Gasteiger partial charge in [0.2, 0.25) is 21.8 Å². The molecule has 150 valence electrons. The lowest BCUT2D eigenvalue weighted by Gasteiger charge is -2.18. The van der Waals surface area contributed by atoms with Crippen LogP contribution in [0.1, 0.15) is 24.5 Å². The van der Waals surface area contributed by atoms with Gasteiger partial charge in [-0.3, -0.25) is 9.59 Å². The number of benzene rings is 2. The number of amides is 2. The molecule has 0 fully saturated rings. The van der Waals surface area contributed by atoms with Gasteiger partial charge >= 0.3 is 0 Å². The fourth-order valence-electron chi connectivity index (χ4n) is 2.57. The molecular weight excluding hydrogens is 378 g/mol. The fraction of sp³-hybridized carbons (Fsp3) is 0.300. The summed E-state index contributed by atoms with van der Waals surface area (Å²) in [5, 5.41) is 2.89. The van der Waals surface area contributed by atoms with Gasteiger partial charge in [-0.25, -0.2) is 13.1 Å². The molecule has 0 bridgehead atoms. The van der Waals surface area contributed by atoms with Crippen LogP contribution in [-0.2, 0) is 32.6 Å². The van der Waals surface area contributed by atoms with Gasteiger partial charge in [0, 0.05) is 32.6 Å². The molecule has 8 heteroatoms. The van der Waals surface area contributed by atoms with Crippen molar-refractivity contribution in [1.29, 1.82) is 0 Å². The highest BCUT2D eigenvalue weighted by molar-refractivity contribution is 7.89. The molecule has 2 rings (SSSR count). The first kappa shape index (κ1) is 21.6. The van der Waals surface area contributed by atoms with Gasteiger partial charge in [0.25, 0.3) is 0 Å². The van der Waals surface area contributed by atoms with Gasteiger partial charge in [0.1, 0.15) is 0 Å². The molecule has 0 aliphatic carbocycles. The van der Waals surface area contributed by atoms with Crippen molar-refractivity contribution in [2.45, 2.75) is 31.2 Å². The Kier molecular flexibility index (Phi) is 7.31. The molecule has 2 N–H and O–H groups in total. The highest BCUT2D eigenvalue weighted by atomic mass is 32.2. The normalized spacial score (nSPS) is 11.1. The van der Waals surface area contributed by atoms with Crippen molar-refractivity contribution < 1.29 is 18.0 Å². The molecule has 0 heterocycles. The Morgan fingerprint density at radius 2 is 1.68 bits per heavy atom. The zero-order valence-corrected chi connectivity index (χ0v) is 17.0. The van der Waals surface area contributed by atoms with E-state index in [9.17, 15) is 18.0 Å². The van der Waals surface area contributed by atoms with E-state index >= 15 is 0 Å². The Bertz CT molecular complexity index is 940. The van der Waals surface area contributed by atoms with Gasteiger partial charge in [-0.2, -0.15) is 0 Å². The maximum Gasteiger partial charge on any atom is 0.240 e. The summed E-state index contributed by atoms with van der Waals surface area (Å²) in [6, 6.07) is 13.8. The van der Waals surface area contributed by atoms with E-state index in [2.05, 4.69) is 10.0 Å². The number of sulfonamides is 1. The van der Waals surface area contributed by atoms with Crippen molar-refractivity contribution in [3.63, 3.8) is 0 Å². The molecule has 0 aliphatic rings. The van der Waals surface area contributed by atoms with Crippen LogP contribution in [-0.4, -0.2) is 39.2 Å².